The molecule has 0 saturated carbocycles. The van der Waals surface area contributed by atoms with Crippen LogP contribution >= 0.6 is 0 Å². The van der Waals surface area contributed by atoms with Gasteiger partial charge in [-0.2, -0.15) is 0 Å². The molecule has 0 aliphatic heterocycles. The highest BCUT2D eigenvalue weighted by Gasteiger charge is 2.05. The molecule has 0 nitrogen and oxygen atoms in total. The van der Waals surface area contributed by atoms with Crippen LogP contribution in [0.3, 0.4) is 0 Å². The molecule has 0 unspecified atom stereocenters. The van der Waals surface area contributed by atoms with E-state index in [9.17, 15) is 0 Å². The van der Waals surface area contributed by atoms with Crippen LogP contribution in [0.4, 0.5) is 0 Å². The van der Waals surface area contributed by atoms with E-state index in [1.807, 2.05) is 6.08 Å². The summed E-state index contributed by atoms with van der Waals surface area (Å²) in [6, 6.07) is 13.0. The summed E-state index contributed by atoms with van der Waals surface area (Å²) >= 11 is 0. The first kappa shape index (κ1) is 11.3. The molecule has 0 spiro atoms. The first-order chi connectivity index (χ1) is 6.80. The third-order valence-corrected chi connectivity index (χ3v) is 6.25. The number of rotatable bonds is 5. The average Bonchev–Trinajstić information content (AvgIpc) is 2.26. The van der Waals surface area contributed by atoms with Crippen LogP contribution in [0.2, 0.25) is 12.1 Å². The maximum Gasteiger partial charge on any atom is 0.0408 e. The van der Waals surface area contributed by atoms with Gasteiger partial charge in [0.25, 0.3) is 0 Å². The van der Waals surface area contributed by atoms with Crippen molar-refractivity contribution in [3.05, 3.63) is 42.0 Å². The topological polar surface area (TPSA) is 0 Å². The lowest BCUT2D eigenvalue weighted by Gasteiger charge is -2.10. The Bertz CT molecular complexity index is 270. The Morgan fingerprint density at radius 3 is 2.14 bits per heavy atom. The van der Waals surface area contributed by atoms with Gasteiger partial charge in [-0.15, -0.1) is 0 Å². The minimum Gasteiger partial charge on any atom is -0.0985 e. The average molecular weight is 204 g/mol. The zero-order valence-electron chi connectivity index (χ0n) is 9.29. The molecule has 14 heavy (non-hydrogen) atoms. The molecule has 0 atom stereocenters. The highest BCUT2D eigenvalue weighted by molar-refractivity contribution is 6.58. The fourth-order valence-corrected chi connectivity index (χ4v) is 3.79. The minimum absolute atomic E-state index is 0.469. The van der Waals surface area contributed by atoms with Gasteiger partial charge in [0.1, 0.15) is 0 Å². The number of hydrogen-bond acceptors (Lipinski definition) is 0. The first-order valence-electron chi connectivity index (χ1n) is 5.51. The summed E-state index contributed by atoms with van der Waals surface area (Å²) in [4.78, 5) is 0. The van der Waals surface area contributed by atoms with Crippen LogP contribution in [0.25, 0.3) is 6.08 Å². The molecule has 1 aromatic rings. The van der Waals surface area contributed by atoms with Crippen molar-refractivity contribution in [2.75, 3.05) is 0 Å². The molecule has 1 rings (SSSR count). The van der Waals surface area contributed by atoms with Crippen LogP contribution in [-0.4, -0.2) is 8.80 Å². The van der Waals surface area contributed by atoms with Crippen molar-refractivity contribution in [2.24, 2.45) is 0 Å². The molecular formula is C13H20Si. The summed E-state index contributed by atoms with van der Waals surface area (Å²) in [5, 5.41) is 0. The van der Waals surface area contributed by atoms with Gasteiger partial charge in [0.2, 0.25) is 0 Å². The maximum atomic E-state index is 3.76. The molecule has 1 heteroatoms. The molecule has 76 valence electrons. The van der Waals surface area contributed by atoms with Gasteiger partial charge in [-0.05, 0) is 11.6 Å². The highest BCUT2D eigenvalue weighted by Crippen LogP contribution is 2.10. The SMILES string of the molecule is C=Cc1ccc(C[SiH](CC)CC)cc1. The van der Waals surface area contributed by atoms with E-state index in [4.69, 9.17) is 0 Å². The Morgan fingerprint density at radius 2 is 1.71 bits per heavy atom. The summed E-state index contributed by atoms with van der Waals surface area (Å²) in [5.74, 6) is 0. The fourth-order valence-electron chi connectivity index (χ4n) is 1.70. The lowest BCUT2D eigenvalue weighted by Crippen LogP contribution is -2.13. The number of hydrogen-bond donors (Lipinski definition) is 0. The Balaban J connectivity index is 2.63. The van der Waals surface area contributed by atoms with Crippen molar-refractivity contribution in [1.82, 2.24) is 0 Å². The van der Waals surface area contributed by atoms with E-state index in [0.29, 0.717) is 0 Å². The van der Waals surface area contributed by atoms with Crippen LogP contribution < -0.4 is 0 Å². The fraction of sp³-hybridized carbons (Fsp3) is 0.385. The second-order valence-electron chi connectivity index (χ2n) is 3.83. The second kappa shape index (κ2) is 5.81. The van der Waals surface area contributed by atoms with Gasteiger partial charge in [-0.3, -0.25) is 0 Å². The van der Waals surface area contributed by atoms with Crippen molar-refractivity contribution in [1.29, 1.82) is 0 Å². The van der Waals surface area contributed by atoms with E-state index in [0.717, 1.165) is 0 Å². The standard InChI is InChI=1S/C13H20Si/c1-4-12-7-9-13(10-8-12)11-14(5-2)6-3/h4,7-10,14H,1,5-6,11H2,2-3H3. The van der Waals surface area contributed by atoms with E-state index >= 15 is 0 Å². The molecule has 0 radical (unpaired) electrons. The van der Waals surface area contributed by atoms with Crippen LogP contribution in [0.5, 0.6) is 0 Å². The Morgan fingerprint density at radius 1 is 1.14 bits per heavy atom. The normalized spacial score (nSPS) is 10.5. The summed E-state index contributed by atoms with van der Waals surface area (Å²) in [6.07, 6.45) is 1.90. The molecule has 0 N–H and O–H groups in total. The van der Waals surface area contributed by atoms with Gasteiger partial charge in [-0.25, -0.2) is 0 Å². The second-order valence-corrected chi connectivity index (χ2v) is 7.61. The van der Waals surface area contributed by atoms with Gasteiger partial charge in [0.05, 0.1) is 0 Å². The van der Waals surface area contributed by atoms with Crippen LogP contribution in [-0.2, 0) is 6.04 Å². The Kier molecular flexibility index (Phi) is 4.67. The summed E-state index contributed by atoms with van der Waals surface area (Å²) < 4.78 is 0. The van der Waals surface area contributed by atoms with E-state index in [1.54, 1.807) is 0 Å². The van der Waals surface area contributed by atoms with E-state index < -0.39 is 8.80 Å². The maximum absolute atomic E-state index is 3.76. The first-order valence-corrected chi connectivity index (χ1v) is 7.96. The summed E-state index contributed by atoms with van der Waals surface area (Å²) in [5.41, 5.74) is 2.73. The van der Waals surface area contributed by atoms with Crippen LogP contribution in [0, 0.1) is 0 Å². The van der Waals surface area contributed by atoms with Crippen LogP contribution in [0.1, 0.15) is 25.0 Å². The van der Waals surface area contributed by atoms with Crippen LogP contribution in [0.15, 0.2) is 30.8 Å². The molecule has 0 saturated heterocycles. The lowest BCUT2D eigenvalue weighted by atomic mass is 10.1. The molecule has 0 amide bonds. The molecule has 0 fully saturated rings. The van der Waals surface area contributed by atoms with Crippen molar-refractivity contribution in [3.63, 3.8) is 0 Å². The van der Waals surface area contributed by atoms with E-state index in [1.165, 1.54) is 29.3 Å². The minimum atomic E-state index is -0.469. The van der Waals surface area contributed by atoms with Gasteiger partial charge in [0, 0.05) is 8.80 Å². The largest absolute Gasteiger partial charge is 0.0985 e. The molecular weight excluding hydrogens is 184 g/mol. The quantitative estimate of drug-likeness (QED) is 0.642. The van der Waals surface area contributed by atoms with Gasteiger partial charge in [-0.1, -0.05) is 68.4 Å². The van der Waals surface area contributed by atoms with E-state index in [-0.39, 0.29) is 0 Å². The van der Waals surface area contributed by atoms with Crippen molar-refractivity contribution >= 4 is 14.9 Å². The molecule has 0 bridgehead atoms. The lowest BCUT2D eigenvalue weighted by molar-refractivity contribution is 1.22. The zero-order chi connectivity index (χ0) is 10.4. The third kappa shape index (κ3) is 3.15. The van der Waals surface area contributed by atoms with Crippen molar-refractivity contribution < 1.29 is 0 Å². The summed E-state index contributed by atoms with van der Waals surface area (Å²) in [6.45, 7) is 8.43. The number of benzene rings is 1. The van der Waals surface area contributed by atoms with Gasteiger partial charge < -0.3 is 0 Å². The predicted molar refractivity (Wildman–Crippen MR) is 68.3 cm³/mol. The zero-order valence-corrected chi connectivity index (χ0v) is 10.4. The third-order valence-electron chi connectivity index (χ3n) is 2.89. The molecule has 0 heterocycles. The van der Waals surface area contributed by atoms with Crippen molar-refractivity contribution in [3.8, 4) is 0 Å². The highest BCUT2D eigenvalue weighted by atomic mass is 28.3. The predicted octanol–water partition coefficient (Wildman–Crippen LogP) is 3.68. The van der Waals surface area contributed by atoms with Crippen molar-refractivity contribution in [2.45, 2.75) is 32.0 Å². The summed E-state index contributed by atoms with van der Waals surface area (Å²) in [7, 11) is -0.469. The molecule has 0 aliphatic rings. The smallest absolute Gasteiger partial charge is 0.0408 e. The molecule has 1 aromatic carbocycles. The Hall–Kier alpha value is -0.823. The van der Waals surface area contributed by atoms with Gasteiger partial charge >= 0.3 is 0 Å². The molecule has 0 aliphatic carbocycles. The van der Waals surface area contributed by atoms with Gasteiger partial charge in [0.15, 0.2) is 0 Å². The van der Waals surface area contributed by atoms with E-state index in [2.05, 4.69) is 44.7 Å². The Labute approximate surface area is 89.3 Å². The monoisotopic (exact) mass is 204 g/mol. The molecule has 0 aromatic heterocycles.